The van der Waals surface area contributed by atoms with Gasteiger partial charge in [0.1, 0.15) is 11.5 Å². The van der Waals surface area contributed by atoms with Crippen LogP contribution in [0, 0.1) is 27.9 Å². The quantitative estimate of drug-likeness (QED) is 0.0671. The van der Waals surface area contributed by atoms with Gasteiger partial charge in [-0.1, -0.05) is 44.9 Å². The largest absolute Gasteiger partial charge is 0.507 e. The van der Waals surface area contributed by atoms with E-state index in [1.54, 1.807) is 0 Å². The number of aryl methyl sites for hydroxylation is 2. The van der Waals surface area contributed by atoms with Gasteiger partial charge >= 0.3 is 0 Å². The maximum absolute atomic E-state index is 13.3. The average Bonchev–Trinajstić information content (AvgIpc) is 3.04. The molecule has 0 aliphatic carbocycles. The van der Waals surface area contributed by atoms with Crippen LogP contribution in [0.4, 0.5) is 4.53 Å². The fourth-order valence-corrected chi connectivity index (χ4v) is 9.14. The Bertz CT molecular complexity index is 1730. The standard InChI is InChI=1S/C39H46FI2O3PS/c1-6-8-10-28-12-25(14-30(21-47)37(28)43)15-31-22(3)32(16-26-13-29(11-9-7-2)38(44)34(41)18-26)24(5)33(23(31)4)17-27-19-35(42)39(45-40)36(46)20-27/h12-14,18-20,43-44,47H,6-11,15-17,21,46H2,1-5H3. The zero-order chi connectivity index (χ0) is 34.4. The normalized spacial score (nSPS) is 11.4. The maximum atomic E-state index is 13.3. The molecule has 252 valence electrons. The van der Waals surface area contributed by atoms with Crippen molar-refractivity contribution in [3.8, 4) is 17.2 Å². The van der Waals surface area contributed by atoms with Crippen LogP contribution >= 0.6 is 67.1 Å². The Morgan fingerprint density at radius 2 is 1.11 bits per heavy atom. The van der Waals surface area contributed by atoms with Crippen molar-refractivity contribution >= 4 is 72.4 Å². The second-order valence-corrected chi connectivity index (χ2v) is 15.9. The van der Waals surface area contributed by atoms with Crippen LogP contribution in [-0.2, 0) is 37.9 Å². The number of aromatic hydroxyl groups is 2. The molecule has 0 radical (unpaired) electrons. The van der Waals surface area contributed by atoms with Gasteiger partial charge < -0.3 is 10.2 Å². The first kappa shape index (κ1) is 38.3. The molecular weight excluding hydrogens is 852 g/mol. The third-order valence-corrected chi connectivity index (χ3v) is 11.8. The molecule has 4 aromatic rings. The van der Waals surface area contributed by atoms with E-state index in [9.17, 15) is 14.7 Å². The maximum Gasteiger partial charge on any atom is 0.192 e. The number of halogens is 3. The van der Waals surface area contributed by atoms with Crippen molar-refractivity contribution in [2.24, 2.45) is 0 Å². The predicted octanol–water partition coefficient (Wildman–Crippen LogP) is 10.9. The minimum Gasteiger partial charge on any atom is -0.507 e. The van der Waals surface area contributed by atoms with Crippen molar-refractivity contribution in [3.05, 3.63) is 110 Å². The first-order valence-corrected chi connectivity index (χ1v) is 19.7. The van der Waals surface area contributed by atoms with Crippen LogP contribution in [0.2, 0.25) is 0 Å². The zero-order valence-corrected chi connectivity index (χ0v) is 34.4. The first-order chi connectivity index (χ1) is 22.4. The molecule has 3 nitrogen and oxygen atoms in total. The molecule has 0 aromatic heterocycles. The van der Waals surface area contributed by atoms with Crippen LogP contribution in [0.5, 0.6) is 17.2 Å². The summed E-state index contributed by atoms with van der Waals surface area (Å²) in [6.07, 6.45) is 8.10. The van der Waals surface area contributed by atoms with Gasteiger partial charge in [0.2, 0.25) is 0 Å². The number of phenols is 2. The Balaban J connectivity index is 1.89. The van der Waals surface area contributed by atoms with E-state index in [1.165, 1.54) is 44.5 Å². The van der Waals surface area contributed by atoms with E-state index >= 15 is 0 Å². The minimum absolute atomic E-state index is 0.241. The molecule has 0 aliphatic rings. The van der Waals surface area contributed by atoms with Crippen molar-refractivity contribution < 1.29 is 19.7 Å². The van der Waals surface area contributed by atoms with Crippen molar-refractivity contribution in [1.82, 2.24) is 0 Å². The summed E-state index contributed by atoms with van der Waals surface area (Å²) in [4.78, 5) is 4.16. The highest BCUT2D eigenvalue weighted by atomic mass is 127. The summed E-state index contributed by atoms with van der Waals surface area (Å²) in [6, 6.07) is 12.6. The molecule has 1 unspecified atom stereocenters. The lowest BCUT2D eigenvalue weighted by Gasteiger charge is -2.24. The van der Waals surface area contributed by atoms with Crippen molar-refractivity contribution in [1.29, 1.82) is 0 Å². The molecule has 4 aromatic carbocycles. The lowest BCUT2D eigenvalue weighted by molar-refractivity contribution is -0.00587. The number of hydrogen-bond donors (Lipinski definition) is 3. The van der Waals surface area contributed by atoms with Gasteiger partial charge in [-0.15, -0.1) is 9.24 Å². The number of rotatable bonds is 14. The Hall–Kier alpha value is -1.55. The number of phenolic OH excluding ortho intramolecular Hbond substituents is 2. The summed E-state index contributed by atoms with van der Waals surface area (Å²) >= 11 is 8.94. The van der Waals surface area contributed by atoms with Crippen molar-refractivity contribution in [2.75, 3.05) is 0 Å². The lowest BCUT2D eigenvalue weighted by atomic mass is 9.81. The van der Waals surface area contributed by atoms with Gasteiger partial charge in [0.15, 0.2) is 5.75 Å². The number of benzene rings is 4. The molecule has 0 spiro atoms. The molecule has 8 heteroatoms. The van der Waals surface area contributed by atoms with Gasteiger partial charge in [-0.2, -0.15) is 12.6 Å². The number of unbranched alkanes of at least 4 members (excludes halogenated alkanes) is 2. The summed E-state index contributed by atoms with van der Waals surface area (Å²) in [7, 11) is 2.60. The molecule has 2 N–H and O–H groups in total. The third kappa shape index (κ3) is 8.98. The SMILES string of the molecule is CCCCc1cc(Cc2c(C)c(Cc3cc(P)c(OF)c(I)c3)c(C)c(Cc3cc(CS)c(O)c(CCCC)c3)c2C)cc(I)c1O. The Labute approximate surface area is 315 Å². The van der Waals surface area contributed by atoms with Crippen LogP contribution in [0.25, 0.3) is 0 Å². The van der Waals surface area contributed by atoms with E-state index in [1.807, 2.05) is 12.1 Å². The Morgan fingerprint density at radius 1 is 0.681 bits per heavy atom. The van der Waals surface area contributed by atoms with Gasteiger partial charge in [-0.05, 0) is 190 Å². The number of thiol groups is 1. The molecule has 0 bridgehead atoms. The molecule has 4 rings (SSSR count). The molecule has 47 heavy (non-hydrogen) atoms. The van der Waals surface area contributed by atoms with E-state index in [2.05, 4.69) is 131 Å². The highest BCUT2D eigenvalue weighted by molar-refractivity contribution is 14.1. The van der Waals surface area contributed by atoms with E-state index in [4.69, 9.17) is 0 Å². The smallest absolute Gasteiger partial charge is 0.192 e. The van der Waals surface area contributed by atoms with Crippen LogP contribution in [0.1, 0.15) is 106 Å². The van der Waals surface area contributed by atoms with Crippen LogP contribution in [0.3, 0.4) is 0 Å². The fourth-order valence-electron chi connectivity index (χ4n) is 6.65. The average molecular weight is 899 g/mol. The van der Waals surface area contributed by atoms with Crippen LogP contribution in [0.15, 0.2) is 36.4 Å². The van der Waals surface area contributed by atoms with E-state index < -0.39 is 0 Å². The summed E-state index contributed by atoms with van der Waals surface area (Å²) < 4.78 is 14.9. The van der Waals surface area contributed by atoms with Gasteiger partial charge in [0, 0.05) is 21.1 Å². The monoisotopic (exact) mass is 898 g/mol. The summed E-state index contributed by atoms with van der Waals surface area (Å²) in [5.41, 5.74) is 14.0. The topological polar surface area (TPSA) is 49.7 Å². The second kappa shape index (κ2) is 17.4. The van der Waals surface area contributed by atoms with Crippen molar-refractivity contribution in [3.63, 3.8) is 0 Å². The van der Waals surface area contributed by atoms with Crippen LogP contribution in [-0.4, -0.2) is 10.2 Å². The summed E-state index contributed by atoms with van der Waals surface area (Å²) in [5, 5.41) is 22.5. The molecule has 0 heterocycles. The molecule has 0 aliphatic heterocycles. The Morgan fingerprint density at radius 3 is 1.55 bits per heavy atom. The lowest BCUT2D eigenvalue weighted by Crippen LogP contribution is -2.11. The summed E-state index contributed by atoms with van der Waals surface area (Å²) in [5.74, 6) is 1.50. The molecule has 0 saturated heterocycles. The second-order valence-electron chi connectivity index (χ2n) is 12.6. The minimum atomic E-state index is 0.241. The molecular formula is C39H46FI2O3PS. The van der Waals surface area contributed by atoms with Crippen LogP contribution < -0.4 is 10.2 Å². The van der Waals surface area contributed by atoms with E-state index in [0.29, 0.717) is 29.0 Å². The van der Waals surface area contributed by atoms with Gasteiger partial charge in [-0.3, -0.25) is 4.94 Å². The van der Waals surface area contributed by atoms with Gasteiger partial charge in [-0.25, -0.2) is 0 Å². The van der Waals surface area contributed by atoms with Gasteiger partial charge in [0.25, 0.3) is 0 Å². The highest BCUT2D eigenvalue weighted by Crippen LogP contribution is 2.36. The molecule has 0 saturated carbocycles. The number of hydrogen-bond acceptors (Lipinski definition) is 4. The third-order valence-electron chi connectivity index (χ3n) is 9.37. The Kier molecular flexibility index (Phi) is 14.2. The highest BCUT2D eigenvalue weighted by Gasteiger charge is 2.21. The molecule has 0 amide bonds. The first-order valence-electron chi connectivity index (χ1n) is 16.3. The van der Waals surface area contributed by atoms with Crippen molar-refractivity contribution in [2.45, 2.75) is 98.2 Å². The molecule has 0 fully saturated rings. The zero-order valence-electron chi connectivity index (χ0n) is 28.0. The summed E-state index contributed by atoms with van der Waals surface area (Å²) in [6.45, 7) is 11.0. The fraction of sp³-hybridized carbons (Fsp3) is 0.385. The van der Waals surface area contributed by atoms with E-state index in [0.717, 1.165) is 80.8 Å². The van der Waals surface area contributed by atoms with E-state index in [-0.39, 0.29) is 5.75 Å². The molecule has 1 atom stereocenters. The predicted molar refractivity (Wildman–Crippen MR) is 218 cm³/mol. The van der Waals surface area contributed by atoms with Gasteiger partial charge in [0.05, 0.1) is 7.14 Å².